The van der Waals surface area contributed by atoms with Gasteiger partial charge in [-0.3, -0.25) is 4.79 Å². The van der Waals surface area contributed by atoms with Crippen LogP contribution in [0.25, 0.3) is 0 Å². The smallest absolute Gasteiger partial charge is 0.308 e. The molecule has 0 aromatic heterocycles. The summed E-state index contributed by atoms with van der Waals surface area (Å²) >= 11 is 0. The van der Waals surface area contributed by atoms with E-state index in [1.165, 1.54) is 0 Å². The van der Waals surface area contributed by atoms with E-state index in [-0.39, 0.29) is 12.4 Å². The Kier molecular flexibility index (Phi) is 22.8. The Labute approximate surface area is 316 Å². The first-order valence-corrected chi connectivity index (χ1v) is 18.6. The quantitative estimate of drug-likeness (QED) is 0.0450. The molecule has 0 bridgehead atoms. The van der Waals surface area contributed by atoms with Gasteiger partial charge in [0.15, 0.2) is 0 Å². The number of carbonyl (C=O) groups is 1. The molecule has 0 unspecified atom stereocenters. The molecule has 11 heteroatoms. The van der Waals surface area contributed by atoms with Gasteiger partial charge in [0.2, 0.25) is 0 Å². The normalized spacial score (nSPS) is 11.9. The maximum atomic E-state index is 11.6. The van der Waals surface area contributed by atoms with E-state index in [1.54, 1.807) is 0 Å². The third kappa shape index (κ3) is 19.1. The molecule has 0 aliphatic carbocycles. The highest BCUT2D eigenvalue weighted by Gasteiger charge is 2.37. The zero-order chi connectivity index (χ0) is 37.7. The molecule has 3 aromatic rings. The Bertz CT molecular complexity index is 1210. The van der Waals surface area contributed by atoms with Crippen molar-refractivity contribution in [2.75, 3.05) is 112 Å². The van der Waals surface area contributed by atoms with Crippen molar-refractivity contribution in [2.24, 2.45) is 0 Å². The van der Waals surface area contributed by atoms with E-state index in [1.807, 2.05) is 75.4 Å². The van der Waals surface area contributed by atoms with Gasteiger partial charge in [-0.1, -0.05) is 91.0 Å². The molecule has 11 nitrogen and oxygen atoms in total. The van der Waals surface area contributed by atoms with Crippen molar-refractivity contribution >= 4 is 5.97 Å². The van der Waals surface area contributed by atoms with E-state index in [4.69, 9.17) is 47.4 Å². The molecule has 0 aliphatic heterocycles. The Balaban J connectivity index is 1.09. The number of ether oxygens (including phenoxy) is 10. The Hall–Kier alpha value is -3.23. The third-order valence-corrected chi connectivity index (χ3v) is 7.56. The van der Waals surface area contributed by atoms with E-state index in [0.717, 1.165) is 16.7 Å². The maximum absolute atomic E-state index is 11.6. The summed E-state index contributed by atoms with van der Waals surface area (Å²) < 4.78 is 56.4. The molecule has 0 spiro atoms. The van der Waals surface area contributed by atoms with Crippen LogP contribution in [0.5, 0.6) is 0 Å². The summed E-state index contributed by atoms with van der Waals surface area (Å²) in [6.07, 6.45) is 0.230. The fourth-order valence-electron chi connectivity index (χ4n) is 5.21. The topological polar surface area (TPSA) is 109 Å². The standard InChI is InChI=1S/C42H60O11/c1-41(2,3)53-40(43)19-20-44-21-22-45-23-24-46-25-26-47-27-28-48-29-30-49-31-32-50-33-34-51-35-36-52-42(37-13-7-4-8-14-37,38-15-9-5-10-16-38)39-17-11-6-12-18-39/h4-18H,19-36H2,1-3H3. The highest BCUT2D eigenvalue weighted by atomic mass is 16.6. The summed E-state index contributed by atoms with van der Waals surface area (Å²) in [4.78, 5) is 11.6. The molecule has 0 saturated heterocycles. The zero-order valence-electron chi connectivity index (χ0n) is 31.9. The lowest BCUT2D eigenvalue weighted by molar-refractivity contribution is -0.156. The van der Waals surface area contributed by atoms with Crippen LogP contribution in [0.2, 0.25) is 0 Å². The van der Waals surface area contributed by atoms with E-state index in [9.17, 15) is 4.79 Å². The van der Waals surface area contributed by atoms with Crippen LogP contribution in [-0.2, 0) is 57.8 Å². The third-order valence-electron chi connectivity index (χ3n) is 7.56. The largest absolute Gasteiger partial charge is 0.460 e. The van der Waals surface area contributed by atoms with E-state index >= 15 is 0 Å². The molecular formula is C42H60O11. The van der Waals surface area contributed by atoms with Crippen LogP contribution in [-0.4, -0.2) is 124 Å². The number of esters is 1. The van der Waals surface area contributed by atoms with Crippen LogP contribution in [0.1, 0.15) is 43.9 Å². The molecule has 3 aromatic carbocycles. The molecular weight excluding hydrogens is 680 g/mol. The van der Waals surface area contributed by atoms with Crippen molar-refractivity contribution in [3.8, 4) is 0 Å². The molecule has 0 saturated carbocycles. The van der Waals surface area contributed by atoms with Crippen molar-refractivity contribution < 1.29 is 52.2 Å². The van der Waals surface area contributed by atoms with Gasteiger partial charge in [-0.05, 0) is 37.5 Å². The average molecular weight is 741 g/mol. The van der Waals surface area contributed by atoms with E-state index < -0.39 is 11.2 Å². The number of benzene rings is 3. The van der Waals surface area contributed by atoms with Gasteiger partial charge in [0.25, 0.3) is 0 Å². The fourth-order valence-corrected chi connectivity index (χ4v) is 5.21. The molecule has 53 heavy (non-hydrogen) atoms. The van der Waals surface area contributed by atoms with Gasteiger partial charge in [0.05, 0.1) is 119 Å². The second-order valence-corrected chi connectivity index (χ2v) is 12.9. The minimum Gasteiger partial charge on any atom is -0.460 e. The first kappa shape index (κ1) is 44.2. The molecule has 0 fully saturated rings. The van der Waals surface area contributed by atoms with Crippen molar-refractivity contribution in [2.45, 2.75) is 38.4 Å². The predicted octanol–water partition coefficient (Wildman–Crippen LogP) is 5.86. The summed E-state index contributed by atoms with van der Waals surface area (Å²) in [6.45, 7) is 13.3. The summed E-state index contributed by atoms with van der Waals surface area (Å²) in [5.41, 5.74) is 1.96. The van der Waals surface area contributed by atoms with Crippen LogP contribution in [0.3, 0.4) is 0 Å². The van der Waals surface area contributed by atoms with Crippen LogP contribution >= 0.6 is 0 Å². The van der Waals surface area contributed by atoms with Gasteiger partial charge in [0.1, 0.15) is 11.2 Å². The highest BCUT2D eigenvalue weighted by molar-refractivity contribution is 5.69. The molecule has 294 valence electrons. The lowest BCUT2D eigenvalue weighted by atomic mass is 9.80. The van der Waals surface area contributed by atoms with Crippen molar-refractivity contribution in [3.63, 3.8) is 0 Å². The Morgan fingerprint density at radius 1 is 0.396 bits per heavy atom. The van der Waals surface area contributed by atoms with Crippen LogP contribution < -0.4 is 0 Å². The zero-order valence-corrected chi connectivity index (χ0v) is 31.9. The lowest BCUT2D eigenvalue weighted by Gasteiger charge is -2.36. The van der Waals surface area contributed by atoms with Gasteiger partial charge in [-0.15, -0.1) is 0 Å². The van der Waals surface area contributed by atoms with E-state index in [0.29, 0.717) is 112 Å². The minimum absolute atomic E-state index is 0.230. The molecule has 3 rings (SSSR count). The predicted molar refractivity (Wildman–Crippen MR) is 202 cm³/mol. The second kappa shape index (κ2) is 27.4. The minimum atomic E-state index is -0.754. The van der Waals surface area contributed by atoms with Gasteiger partial charge in [-0.2, -0.15) is 0 Å². The Morgan fingerprint density at radius 2 is 0.660 bits per heavy atom. The average Bonchev–Trinajstić information content (AvgIpc) is 3.16. The molecule has 0 radical (unpaired) electrons. The molecule has 0 atom stereocenters. The van der Waals surface area contributed by atoms with Crippen LogP contribution in [0, 0.1) is 0 Å². The maximum Gasteiger partial charge on any atom is 0.308 e. The van der Waals surface area contributed by atoms with Gasteiger partial charge < -0.3 is 47.4 Å². The number of hydrogen-bond donors (Lipinski definition) is 0. The Morgan fingerprint density at radius 3 is 0.943 bits per heavy atom. The number of carbonyl (C=O) groups excluding carboxylic acids is 1. The highest BCUT2D eigenvalue weighted by Crippen LogP contribution is 2.40. The van der Waals surface area contributed by atoms with Crippen molar-refractivity contribution in [3.05, 3.63) is 108 Å². The van der Waals surface area contributed by atoms with Crippen LogP contribution in [0.15, 0.2) is 91.0 Å². The first-order valence-electron chi connectivity index (χ1n) is 18.6. The molecule has 0 amide bonds. The summed E-state index contributed by atoms with van der Waals surface area (Å²) in [5.74, 6) is -0.265. The van der Waals surface area contributed by atoms with Crippen LogP contribution in [0.4, 0.5) is 0 Å². The van der Waals surface area contributed by atoms with Gasteiger partial charge in [-0.25, -0.2) is 0 Å². The first-order chi connectivity index (χ1) is 25.9. The fraction of sp³-hybridized carbons (Fsp3) is 0.548. The monoisotopic (exact) mass is 740 g/mol. The molecule has 0 aliphatic rings. The SMILES string of the molecule is CC(C)(C)OC(=O)CCOCCOCCOCCOCCOCCOCCOCCOCCOC(c1ccccc1)(c1ccccc1)c1ccccc1. The van der Waals surface area contributed by atoms with Gasteiger partial charge >= 0.3 is 5.97 Å². The summed E-state index contributed by atoms with van der Waals surface area (Å²) in [6, 6.07) is 30.9. The van der Waals surface area contributed by atoms with Crippen molar-refractivity contribution in [1.29, 1.82) is 0 Å². The number of rotatable bonds is 31. The summed E-state index contributed by atoms with van der Waals surface area (Å²) in [7, 11) is 0. The molecule has 0 N–H and O–H groups in total. The lowest BCUT2D eigenvalue weighted by Crippen LogP contribution is -2.34. The molecule has 0 heterocycles. The number of hydrogen-bond acceptors (Lipinski definition) is 11. The van der Waals surface area contributed by atoms with E-state index in [2.05, 4.69) is 36.4 Å². The summed E-state index contributed by atoms with van der Waals surface area (Å²) in [5, 5.41) is 0. The second-order valence-electron chi connectivity index (χ2n) is 12.9. The van der Waals surface area contributed by atoms with Gasteiger partial charge in [0, 0.05) is 0 Å². The van der Waals surface area contributed by atoms with Crippen molar-refractivity contribution in [1.82, 2.24) is 0 Å².